The highest BCUT2D eigenvalue weighted by atomic mass is 16.3. The first-order chi connectivity index (χ1) is 9.17. The highest BCUT2D eigenvalue weighted by Gasteiger charge is 2.07. The van der Waals surface area contributed by atoms with E-state index in [0.29, 0.717) is 12.6 Å². The molecule has 3 nitrogen and oxygen atoms in total. The van der Waals surface area contributed by atoms with Gasteiger partial charge in [0.25, 0.3) is 0 Å². The number of benzene rings is 1. The summed E-state index contributed by atoms with van der Waals surface area (Å²) < 4.78 is 0. The van der Waals surface area contributed by atoms with Crippen molar-refractivity contribution in [2.75, 3.05) is 19.7 Å². The van der Waals surface area contributed by atoms with E-state index in [4.69, 9.17) is 5.11 Å². The van der Waals surface area contributed by atoms with Crippen molar-refractivity contribution < 1.29 is 5.11 Å². The van der Waals surface area contributed by atoms with Gasteiger partial charge in [-0.3, -0.25) is 4.90 Å². The molecule has 1 rings (SSSR count). The maximum Gasteiger partial charge on any atom is 0.0558 e. The van der Waals surface area contributed by atoms with Gasteiger partial charge in [-0.1, -0.05) is 44.2 Å². The largest absolute Gasteiger partial charge is 0.395 e. The second kappa shape index (κ2) is 8.86. The lowest BCUT2D eigenvalue weighted by Crippen LogP contribution is -2.28. The zero-order chi connectivity index (χ0) is 14.1. The molecule has 1 aromatic rings. The van der Waals surface area contributed by atoms with Crippen LogP contribution in [0.25, 0.3) is 0 Å². The van der Waals surface area contributed by atoms with Crippen LogP contribution in [0.1, 0.15) is 25.0 Å². The summed E-state index contributed by atoms with van der Waals surface area (Å²) in [6, 6.07) is 8.94. The maximum atomic E-state index is 9.10. The molecule has 0 bridgehead atoms. The van der Waals surface area contributed by atoms with Gasteiger partial charge in [0, 0.05) is 32.2 Å². The first-order valence-electron chi connectivity index (χ1n) is 6.91. The topological polar surface area (TPSA) is 35.5 Å². The number of nitrogens with zero attached hydrogens (tertiary/aromatic N) is 1. The molecule has 0 saturated heterocycles. The minimum atomic E-state index is 0.181. The molecule has 0 amide bonds. The van der Waals surface area contributed by atoms with Crippen molar-refractivity contribution in [2.45, 2.75) is 33.0 Å². The Bertz CT molecular complexity index is 377. The van der Waals surface area contributed by atoms with Crippen LogP contribution in [0, 0.1) is 0 Å². The Hall–Kier alpha value is -1.16. The number of hydrogen-bond acceptors (Lipinski definition) is 3. The fraction of sp³-hybridized carbons (Fsp3) is 0.500. The van der Waals surface area contributed by atoms with E-state index in [1.165, 1.54) is 11.1 Å². The Morgan fingerprint density at radius 2 is 2.00 bits per heavy atom. The summed E-state index contributed by atoms with van der Waals surface area (Å²) in [6.07, 6.45) is 1.88. The number of aliphatic hydroxyl groups is 1. The SMILES string of the molecule is C=CCN(CCO)Cc1ccccc1CNC(C)C. The Kier molecular flexibility index (Phi) is 7.41. The molecule has 0 aliphatic heterocycles. The molecule has 1 aromatic carbocycles. The molecular weight excluding hydrogens is 236 g/mol. The lowest BCUT2D eigenvalue weighted by Gasteiger charge is -2.21. The zero-order valence-electron chi connectivity index (χ0n) is 12.1. The fourth-order valence-electron chi connectivity index (χ4n) is 2.00. The summed E-state index contributed by atoms with van der Waals surface area (Å²) in [5.41, 5.74) is 2.63. The van der Waals surface area contributed by atoms with Crippen LogP contribution >= 0.6 is 0 Å². The smallest absolute Gasteiger partial charge is 0.0558 e. The molecular formula is C16H26N2O. The standard InChI is InChI=1S/C16H26N2O/c1-4-9-18(10-11-19)13-16-8-6-5-7-15(16)12-17-14(2)3/h4-8,14,17,19H,1,9-13H2,2-3H3. The van der Waals surface area contributed by atoms with Gasteiger partial charge < -0.3 is 10.4 Å². The van der Waals surface area contributed by atoms with E-state index < -0.39 is 0 Å². The van der Waals surface area contributed by atoms with Gasteiger partial charge >= 0.3 is 0 Å². The molecule has 0 atom stereocenters. The zero-order valence-corrected chi connectivity index (χ0v) is 12.1. The third-order valence-corrected chi connectivity index (χ3v) is 3.02. The van der Waals surface area contributed by atoms with E-state index in [2.05, 4.69) is 54.9 Å². The molecule has 106 valence electrons. The summed E-state index contributed by atoms with van der Waals surface area (Å²) in [7, 11) is 0. The molecule has 19 heavy (non-hydrogen) atoms. The summed E-state index contributed by atoms with van der Waals surface area (Å²) in [5.74, 6) is 0. The average molecular weight is 262 g/mol. The quantitative estimate of drug-likeness (QED) is 0.670. The predicted octanol–water partition coefficient (Wildman–Crippen LogP) is 2.16. The Labute approximate surface area is 116 Å². The molecule has 3 heteroatoms. The van der Waals surface area contributed by atoms with Crippen molar-refractivity contribution in [1.29, 1.82) is 0 Å². The van der Waals surface area contributed by atoms with Gasteiger partial charge in [-0.15, -0.1) is 6.58 Å². The summed E-state index contributed by atoms with van der Waals surface area (Å²) in [4.78, 5) is 2.20. The number of rotatable bonds is 9. The van der Waals surface area contributed by atoms with Crippen LogP contribution in [-0.2, 0) is 13.1 Å². The van der Waals surface area contributed by atoms with Crippen LogP contribution in [0.5, 0.6) is 0 Å². The van der Waals surface area contributed by atoms with Crippen LogP contribution in [0.3, 0.4) is 0 Å². The van der Waals surface area contributed by atoms with Gasteiger partial charge in [0.1, 0.15) is 0 Å². The van der Waals surface area contributed by atoms with Crippen molar-refractivity contribution in [3.63, 3.8) is 0 Å². The molecule has 0 radical (unpaired) electrons. The van der Waals surface area contributed by atoms with Gasteiger partial charge in [0.05, 0.1) is 6.61 Å². The molecule has 0 spiro atoms. The van der Waals surface area contributed by atoms with E-state index in [0.717, 1.165) is 19.6 Å². The van der Waals surface area contributed by atoms with Crippen molar-refractivity contribution in [3.05, 3.63) is 48.0 Å². The minimum Gasteiger partial charge on any atom is -0.395 e. The second-order valence-electron chi connectivity index (χ2n) is 5.05. The van der Waals surface area contributed by atoms with Crippen molar-refractivity contribution >= 4 is 0 Å². The monoisotopic (exact) mass is 262 g/mol. The van der Waals surface area contributed by atoms with Crippen LogP contribution in [0.4, 0.5) is 0 Å². The van der Waals surface area contributed by atoms with Crippen LogP contribution < -0.4 is 5.32 Å². The van der Waals surface area contributed by atoms with E-state index >= 15 is 0 Å². The fourth-order valence-corrected chi connectivity index (χ4v) is 2.00. The summed E-state index contributed by atoms with van der Waals surface area (Å²) in [6.45, 7) is 11.5. The number of nitrogens with one attached hydrogen (secondary N) is 1. The molecule has 0 aromatic heterocycles. The van der Waals surface area contributed by atoms with Crippen LogP contribution in [-0.4, -0.2) is 35.7 Å². The molecule has 2 N–H and O–H groups in total. The average Bonchev–Trinajstić information content (AvgIpc) is 2.38. The first kappa shape index (κ1) is 15.9. The highest BCUT2D eigenvalue weighted by molar-refractivity contribution is 5.27. The first-order valence-corrected chi connectivity index (χ1v) is 6.91. The van der Waals surface area contributed by atoms with E-state index in [1.54, 1.807) is 0 Å². The van der Waals surface area contributed by atoms with Gasteiger partial charge in [-0.05, 0) is 11.1 Å². The van der Waals surface area contributed by atoms with Crippen LogP contribution in [0.15, 0.2) is 36.9 Å². The van der Waals surface area contributed by atoms with Crippen LogP contribution in [0.2, 0.25) is 0 Å². The lowest BCUT2D eigenvalue weighted by molar-refractivity contribution is 0.203. The van der Waals surface area contributed by atoms with E-state index in [1.807, 2.05) is 6.08 Å². The Morgan fingerprint density at radius 3 is 2.58 bits per heavy atom. The Morgan fingerprint density at radius 1 is 1.32 bits per heavy atom. The maximum absolute atomic E-state index is 9.10. The van der Waals surface area contributed by atoms with Gasteiger partial charge in [0.15, 0.2) is 0 Å². The Balaban J connectivity index is 2.71. The summed E-state index contributed by atoms with van der Waals surface area (Å²) in [5, 5.41) is 12.5. The predicted molar refractivity (Wildman–Crippen MR) is 81.0 cm³/mol. The van der Waals surface area contributed by atoms with Crippen molar-refractivity contribution in [1.82, 2.24) is 10.2 Å². The molecule has 0 unspecified atom stereocenters. The second-order valence-corrected chi connectivity index (χ2v) is 5.05. The minimum absolute atomic E-state index is 0.181. The summed E-state index contributed by atoms with van der Waals surface area (Å²) >= 11 is 0. The number of aliphatic hydroxyl groups excluding tert-OH is 1. The van der Waals surface area contributed by atoms with Gasteiger partial charge in [-0.2, -0.15) is 0 Å². The normalized spacial score (nSPS) is 11.2. The number of hydrogen-bond donors (Lipinski definition) is 2. The highest BCUT2D eigenvalue weighted by Crippen LogP contribution is 2.12. The van der Waals surface area contributed by atoms with Crippen molar-refractivity contribution in [2.24, 2.45) is 0 Å². The van der Waals surface area contributed by atoms with E-state index in [9.17, 15) is 0 Å². The van der Waals surface area contributed by atoms with E-state index in [-0.39, 0.29) is 6.61 Å². The van der Waals surface area contributed by atoms with Crippen molar-refractivity contribution in [3.8, 4) is 0 Å². The van der Waals surface area contributed by atoms with Gasteiger partial charge in [0.2, 0.25) is 0 Å². The molecule has 0 heterocycles. The van der Waals surface area contributed by atoms with Gasteiger partial charge in [-0.25, -0.2) is 0 Å². The molecule has 0 saturated carbocycles. The molecule has 0 aliphatic carbocycles. The third-order valence-electron chi connectivity index (χ3n) is 3.02. The molecule has 0 aliphatic rings. The lowest BCUT2D eigenvalue weighted by atomic mass is 10.1. The third kappa shape index (κ3) is 6.01. The molecule has 0 fully saturated rings.